The van der Waals surface area contributed by atoms with Crippen LogP contribution < -0.4 is 4.31 Å². The van der Waals surface area contributed by atoms with Gasteiger partial charge in [-0.3, -0.25) is 9.10 Å². The van der Waals surface area contributed by atoms with Crippen LogP contribution in [0.4, 0.5) is 5.69 Å². The zero-order valence-corrected chi connectivity index (χ0v) is 17.0. The molecule has 1 atom stereocenters. The average Bonchev–Trinajstić information content (AvgIpc) is 2.66. The number of Topliss-reactive ketones (excluding diaryl/α,β-unsaturated/α-hetero) is 1. The van der Waals surface area contributed by atoms with Crippen LogP contribution in [0.15, 0.2) is 42.5 Å². The highest BCUT2D eigenvalue weighted by atomic mass is 32.2. The normalized spacial score (nSPS) is 14.9. The summed E-state index contributed by atoms with van der Waals surface area (Å²) in [6, 6.07) is 11.9. The lowest BCUT2D eigenvalue weighted by molar-refractivity contribution is 0.0318. The molecule has 0 radical (unpaired) electrons. The second-order valence-electron chi connectivity index (χ2n) is 7.06. The number of nitrogens with zero attached hydrogens (tertiary/aromatic N) is 1. The van der Waals surface area contributed by atoms with E-state index < -0.39 is 22.1 Å². The molecular formula is C21H23NO5S. The Morgan fingerprint density at radius 2 is 1.71 bits per heavy atom. The van der Waals surface area contributed by atoms with Crippen molar-refractivity contribution in [3.63, 3.8) is 0 Å². The van der Waals surface area contributed by atoms with Crippen molar-refractivity contribution >= 4 is 27.5 Å². The molecule has 0 fully saturated rings. The highest BCUT2D eigenvalue weighted by Gasteiger charge is 2.26. The van der Waals surface area contributed by atoms with Gasteiger partial charge in [0.25, 0.3) is 0 Å². The Labute approximate surface area is 165 Å². The maximum absolute atomic E-state index is 12.5. The quantitative estimate of drug-likeness (QED) is 0.568. The first-order valence-corrected chi connectivity index (χ1v) is 10.9. The SMILES string of the molecule is Cc1ccc(C(=O)[C@H](C)OC(=O)c2ccc3c(c2)CCCN3S(C)(=O)=O)cc1. The Balaban J connectivity index is 1.76. The van der Waals surface area contributed by atoms with E-state index in [1.165, 1.54) is 16.6 Å². The molecule has 2 aromatic rings. The number of carbonyl (C=O) groups excluding carboxylic acids is 2. The fourth-order valence-electron chi connectivity index (χ4n) is 3.27. The van der Waals surface area contributed by atoms with Gasteiger partial charge in [-0.2, -0.15) is 0 Å². The summed E-state index contributed by atoms with van der Waals surface area (Å²) in [6.07, 6.45) is 1.61. The van der Waals surface area contributed by atoms with Crippen LogP contribution in [-0.2, 0) is 21.2 Å². The largest absolute Gasteiger partial charge is 0.451 e. The lowest BCUT2D eigenvalue weighted by Gasteiger charge is -2.29. The van der Waals surface area contributed by atoms with E-state index in [9.17, 15) is 18.0 Å². The summed E-state index contributed by atoms with van der Waals surface area (Å²) < 4.78 is 30.6. The zero-order chi connectivity index (χ0) is 20.5. The Bertz CT molecular complexity index is 1010. The number of anilines is 1. The summed E-state index contributed by atoms with van der Waals surface area (Å²) in [5.41, 5.74) is 3.20. The molecule has 0 saturated heterocycles. The number of hydrogen-bond acceptors (Lipinski definition) is 5. The van der Waals surface area contributed by atoms with Crippen LogP contribution in [0, 0.1) is 6.92 Å². The van der Waals surface area contributed by atoms with Crippen molar-refractivity contribution in [2.45, 2.75) is 32.8 Å². The number of esters is 1. The van der Waals surface area contributed by atoms with Gasteiger partial charge in [0.05, 0.1) is 17.5 Å². The van der Waals surface area contributed by atoms with Gasteiger partial charge in [0.1, 0.15) is 0 Å². The van der Waals surface area contributed by atoms with Gasteiger partial charge in [-0.1, -0.05) is 29.8 Å². The summed E-state index contributed by atoms with van der Waals surface area (Å²) in [5, 5.41) is 0. The van der Waals surface area contributed by atoms with Gasteiger partial charge in [0.15, 0.2) is 6.10 Å². The molecule has 0 aliphatic carbocycles. The molecule has 148 valence electrons. The fraction of sp³-hybridized carbons (Fsp3) is 0.333. The lowest BCUT2D eigenvalue weighted by atomic mass is 10.0. The zero-order valence-electron chi connectivity index (χ0n) is 16.1. The predicted octanol–water partition coefficient (Wildman–Crippen LogP) is 3.14. The van der Waals surface area contributed by atoms with Gasteiger partial charge in [-0.15, -0.1) is 0 Å². The molecule has 7 heteroatoms. The minimum Gasteiger partial charge on any atom is -0.451 e. The van der Waals surface area contributed by atoms with E-state index >= 15 is 0 Å². The molecule has 0 amide bonds. The number of fused-ring (bicyclic) bond motifs is 1. The third-order valence-corrected chi connectivity index (χ3v) is 5.96. The first-order valence-electron chi connectivity index (χ1n) is 9.09. The minimum absolute atomic E-state index is 0.269. The molecule has 0 aromatic heterocycles. The van der Waals surface area contributed by atoms with Crippen molar-refractivity contribution in [2.24, 2.45) is 0 Å². The monoisotopic (exact) mass is 401 g/mol. The molecule has 1 heterocycles. The van der Waals surface area contributed by atoms with Crippen molar-refractivity contribution in [1.82, 2.24) is 0 Å². The Hall–Kier alpha value is -2.67. The number of hydrogen-bond donors (Lipinski definition) is 0. The molecule has 1 aliphatic rings. The smallest absolute Gasteiger partial charge is 0.338 e. The van der Waals surface area contributed by atoms with Gasteiger partial charge in [-0.05, 0) is 50.5 Å². The van der Waals surface area contributed by atoms with E-state index in [0.717, 1.165) is 11.1 Å². The third-order valence-electron chi connectivity index (χ3n) is 4.78. The Kier molecular flexibility index (Phi) is 5.56. The first kappa shape index (κ1) is 20.1. The fourth-order valence-corrected chi connectivity index (χ4v) is 4.26. The molecule has 0 unspecified atom stereocenters. The van der Waals surface area contributed by atoms with Gasteiger partial charge < -0.3 is 4.74 Å². The number of aryl methyl sites for hydroxylation is 2. The molecule has 2 aromatic carbocycles. The van der Waals surface area contributed by atoms with Crippen molar-refractivity contribution in [3.05, 3.63) is 64.7 Å². The molecule has 0 bridgehead atoms. The Morgan fingerprint density at radius 3 is 2.36 bits per heavy atom. The standard InChI is InChI=1S/C21H23NO5S/c1-14-6-8-16(9-7-14)20(23)15(2)27-21(24)18-10-11-19-17(13-18)5-4-12-22(19)28(3,25)26/h6-11,13,15H,4-5,12H2,1-3H3/t15-/m0/s1. The van der Waals surface area contributed by atoms with Crippen molar-refractivity contribution in [2.75, 3.05) is 17.1 Å². The molecule has 0 saturated carbocycles. The van der Waals surface area contributed by atoms with Crippen LogP contribution in [0.3, 0.4) is 0 Å². The molecule has 6 nitrogen and oxygen atoms in total. The summed E-state index contributed by atoms with van der Waals surface area (Å²) in [7, 11) is -3.36. The molecule has 1 aliphatic heterocycles. The predicted molar refractivity (Wildman–Crippen MR) is 107 cm³/mol. The first-order chi connectivity index (χ1) is 13.2. The molecule has 0 N–H and O–H groups in total. The van der Waals surface area contributed by atoms with E-state index in [0.29, 0.717) is 36.2 Å². The second kappa shape index (κ2) is 7.75. The molecular weight excluding hydrogens is 378 g/mol. The number of rotatable bonds is 5. The van der Waals surface area contributed by atoms with Crippen molar-refractivity contribution < 1.29 is 22.7 Å². The molecule has 0 spiro atoms. The summed E-state index contributed by atoms with van der Waals surface area (Å²) in [5.74, 6) is -0.873. The van der Waals surface area contributed by atoms with Gasteiger partial charge in [0, 0.05) is 12.1 Å². The Morgan fingerprint density at radius 1 is 1.07 bits per heavy atom. The number of ketones is 1. The van der Waals surface area contributed by atoms with Crippen LogP contribution in [0.2, 0.25) is 0 Å². The minimum atomic E-state index is -3.36. The van der Waals surface area contributed by atoms with Crippen LogP contribution in [0.1, 0.15) is 45.2 Å². The van der Waals surface area contributed by atoms with Gasteiger partial charge >= 0.3 is 5.97 Å². The molecule has 3 rings (SSSR count). The summed E-state index contributed by atoms with van der Waals surface area (Å²) in [4.78, 5) is 25.0. The second-order valence-corrected chi connectivity index (χ2v) is 8.97. The maximum atomic E-state index is 12.5. The highest BCUT2D eigenvalue weighted by molar-refractivity contribution is 7.92. The number of benzene rings is 2. The van der Waals surface area contributed by atoms with Gasteiger partial charge in [-0.25, -0.2) is 13.2 Å². The van der Waals surface area contributed by atoms with E-state index in [-0.39, 0.29) is 5.78 Å². The molecule has 28 heavy (non-hydrogen) atoms. The topological polar surface area (TPSA) is 80.8 Å². The van der Waals surface area contributed by atoms with E-state index in [4.69, 9.17) is 4.74 Å². The van der Waals surface area contributed by atoms with Crippen LogP contribution >= 0.6 is 0 Å². The van der Waals surface area contributed by atoms with Crippen LogP contribution in [0.5, 0.6) is 0 Å². The number of ether oxygens (including phenoxy) is 1. The highest BCUT2D eigenvalue weighted by Crippen LogP contribution is 2.30. The lowest BCUT2D eigenvalue weighted by Crippen LogP contribution is -2.34. The van der Waals surface area contributed by atoms with E-state index in [1.54, 1.807) is 31.2 Å². The van der Waals surface area contributed by atoms with E-state index in [2.05, 4.69) is 0 Å². The van der Waals surface area contributed by atoms with Gasteiger partial charge in [0.2, 0.25) is 15.8 Å². The van der Waals surface area contributed by atoms with Crippen molar-refractivity contribution in [3.8, 4) is 0 Å². The number of sulfonamides is 1. The summed E-state index contributed by atoms with van der Waals surface area (Å²) >= 11 is 0. The third kappa shape index (κ3) is 4.25. The number of carbonyl (C=O) groups is 2. The van der Waals surface area contributed by atoms with E-state index in [1.807, 2.05) is 19.1 Å². The summed E-state index contributed by atoms with van der Waals surface area (Å²) in [6.45, 7) is 3.90. The average molecular weight is 401 g/mol. The van der Waals surface area contributed by atoms with Crippen molar-refractivity contribution in [1.29, 1.82) is 0 Å². The maximum Gasteiger partial charge on any atom is 0.338 e. The van der Waals surface area contributed by atoms with Crippen LogP contribution in [-0.4, -0.2) is 39.1 Å². The van der Waals surface area contributed by atoms with Crippen LogP contribution in [0.25, 0.3) is 0 Å².